The Morgan fingerprint density at radius 3 is 2.80 bits per heavy atom. The van der Waals surface area contributed by atoms with Gasteiger partial charge in [0.05, 0.1) is 6.61 Å². The van der Waals surface area contributed by atoms with Crippen molar-refractivity contribution in [3.63, 3.8) is 0 Å². The van der Waals surface area contributed by atoms with Crippen LogP contribution in [0.25, 0.3) is 5.69 Å². The molecule has 15 heavy (non-hydrogen) atoms. The summed E-state index contributed by atoms with van der Waals surface area (Å²) in [5.41, 5.74) is 2.93. The lowest BCUT2D eigenvalue weighted by Gasteiger charge is -2.08. The summed E-state index contributed by atoms with van der Waals surface area (Å²) in [4.78, 5) is 0. The topological polar surface area (TPSA) is 25.2 Å². The molecule has 78 valence electrons. The van der Waals surface area contributed by atoms with E-state index in [4.69, 9.17) is 16.7 Å². The highest BCUT2D eigenvalue weighted by Crippen LogP contribution is 2.20. The maximum Gasteiger partial charge on any atom is 0.0836 e. The molecular weight excluding hydrogens is 210 g/mol. The number of hydrogen-bond acceptors (Lipinski definition) is 1. The summed E-state index contributed by atoms with van der Waals surface area (Å²) >= 11 is 5.96. The van der Waals surface area contributed by atoms with Crippen molar-refractivity contribution in [3.05, 3.63) is 52.8 Å². The zero-order valence-electron chi connectivity index (χ0n) is 8.44. The van der Waals surface area contributed by atoms with Gasteiger partial charge in [-0.05, 0) is 42.8 Å². The zero-order chi connectivity index (χ0) is 10.8. The summed E-state index contributed by atoms with van der Waals surface area (Å²) in [7, 11) is 0. The number of aryl methyl sites for hydroxylation is 1. The standard InChI is InChI=1S/C12H12ClNO/c1-9-7-10(4-5-12(9)13)14-6-2-3-11(14)8-15/h2-7,15H,8H2,1H3. The van der Waals surface area contributed by atoms with E-state index >= 15 is 0 Å². The lowest BCUT2D eigenvalue weighted by Crippen LogP contribution is -1.98. The monoisotopic (exact) mass is 221 g/mol. The second-order valence-electron chi connectivity index (χ2n) is 3.46. The van der Waals surface area contributed by atoms with Gasteiger partial charge in [-0.15, -0.1) is 0 Å². The molecule has 0 aliphatic carbocycles. The van der Waals surface area contributed by atoms with Gasteiger partial charge in [-0.1, -0.05) is 11.6 Å². The first-order valence-electron chi connectivity index (χ1n) is 4.76. The first kappa shape index (κ1) is 10.3. The molecule has 0 unspecified atom stereocenters. The number of hydrogen-bond donors (Lipinski definition) is 1. The van der Waals surface area contributed by atoms with Gasteiger partial charge in [-0.25, -0.2) is 0 Å². The highest BCUT2D eigenvalue weighted by molar-refractivity contribution is 6.31. The zero-order valence-corrected chi connectivity index (χ0v) is 9.20. The molecule has 0 saturated heterocycles. The average molecular weight is 222 g/mol. The van der Waals surface area contributed by atoms with E-state index in [-0.39, 0.29) is 6.61 Å². The molecule has 0 aliphatic rings. The van der Waals surface area contributed by atoms with Crippen molar-refractivity contribution in [2.45, 2.75) is 13.5 Å². The molecule has 0 atom stereocenters. The third-order valence-corrected chi connectivity index (χ3v) is 2.84. The highest BCUT2D eigenvalue weighted by Gasteiger charge is 2.03. The molecule has 1 N–H and O–H groups in total. The molecular formula is C12H12ClNO. The van der Waals surface area contributed by atoms with Crippen LogP contribution in [-0.2, 0) is 6.61 Å². The van der Waals surface area contributed by atoms with Crippen LogP contribution < -0.4 is 0 Å². The number of aliphatic hydroxyl groups excluding tert-OH is 1. The molecule has 0 fully saturated rings. The van der Waals surface area contributed by atoms with E-state index in [1.807, 2.05) is 48.0 Å². The quantitative estimate of drug-likeness (QED) is 0.829. The van der Waals surface area contributed by atoms with E-state index in [9.17, 15) is 0 Å². The summed E-state index contributed by atoms with van der Waals surface area (Å²) < 4.78 is 1.95. The molecule has 2 aromatic rings. The van der Waals surface area contributed by atoms with Crippen molar-refractivity contribution in [3.8, 4) is 5.69 Å². The molecule has 0 amide bonds. The van der Waals surface area contributed by atoms with Crippen LogP contribution in [-0.4, -0.2) is 9.67 Å². The summed E-state index contributed by atoms with van der Waals surface area (Å²) in [6.45, 7) is 2.00. The number of nitrogens with zero attached hydrogens (tertiary/aromatic N) is 1. The molecule has 0 aliphatic heterocycles. The van der Waals surface area contributed by atoms with Crippen LogP contribution >= 0.6 is 11.6 Å². The van der Waals surface area contributed by atoms with Gasteiger partial charge in [0.25, 0.3) is 0 Å². The highest BCUT2D eigenvalue weighted by atomic mass is 35.5. The van der Waals surface area contributed by atoms with Crippen molar-refractivity contribution in [1.29, 1.82) is 0 Å². The van der Waals surface area contributed by atoms with Crippen LogP contribution in [0.5, 0.6) is 0 Å². The van der Waals surface area contributed by atoms with Crippen LogP contribution in [0.1, 0.15) is 11.3 Å². The van der Waals surface area contributed by atoms with E-state index in [0.29, 0.717) is 0 Å². The molecule has 2 nitrogen and oxygen atoms in total. The van der Waals surface area contributed by atoms with Gasteiger partial charge >= 0.3 is 0 Å². The Bertz CT molecular complexity index is 476. The lowest BCUT2D eigenvalue weighted by molar-refractivity contribution is 0.274. The third-order valence-electron chi connectivity index (χ3n) is 2.41. The lowest BCUT2D eigenvalue weighted by atomic mass is 10.2. The third kappa shape index (κ3) is 1.91. The minimum Gasteiger partial charge on any atom is -0.390 e. The van der Waals surface area contributed by atoms with Gasteiger partial charge in [0.2, 0.25) is 0 Å². The smallest absolute Gasteiger partial charge is 0.0836 e. The molecule has 1 aromatic heterocycles. The largest absolute Gasteiger partial charge is 0.390 e. The second-order valence-corrected chi connectivity index (χ2v) is 3.87. The maximum absolute atomic E-state index is 9.15. The predicted octanol–water partition coefficient (Wildman–Crippen LogP) is 2.93. The molecule has 3 heteroatoms. The number of aliphatic hydroxyl groups is 1. The fourth-order valence-electron chi connectivity index (χ4n) is 1.58. The van der Waals surface area contributed by atoms with Crippen LogP contribution in [0.4, 0.5) is 0 Å². The molecule has 1 heterocycles. The van der Waals surface area contributed by atoms with Crippen molar-refractivity contribution < 1.29 is 5.11 Å². The summed E-state index contributed by atoms with van der Waals surface area (Å²) in [5, 5.41) is 9.91. The minimum absolute atomic E-state index is 0.0364. The first-order chi connectivity index (χ1) is 7.22. The maximum atomic E-state index is 9.15. The van der Waals surface area contributed by atoms with E-state index in [2.05, 4.69) is 0 Å². The molecule has 0 radical (unpaired) electrons. The number of halogens is 1. The van der Waals surface area contributed by atoms with E-state index in [1.54, 1.807) is 0 Å². The second kappa shape index (κ2) is 4.09. The Morgan fingerprint density at radius 2 is 2.13 bits per heavy atom. The van der Waals surface area contributed by atoms with Crippen LogP contribution in [0.15, 0.2) is 36.5 Å². The fourth-order valence-corrected chi connectivity index (χ4v) is 1.69. The summed E-state index contributed by atoms with van der Waals surface area (Å²) in [6.07, 6.45) is 1.92. The van der Waals surface area contributed by atoms with Gasteiger partial charge in [0.15, 0.2) is 0 Å². The van der Waals surface area contributed by atoms with Gasteiger partial charge in [0.1, 0.15) is 0 Å². The van der Waals surface area contributed by atoms with Crippen molar-refractivity contribution in [1.82, 2.24) is 4.57 Å². The van der Waals surface area contributed by atoms with Gasteiger partial charge in [-0.3, -0.25) is 0 Å². The molecule has 0 bridgehead atoms. The van der Waals surface area contributed by atoms with Crippen LogP contribution in [0.3, 0.4) is 0 Å². The van der Waals surface area contributed by atoms with Crippen LogP contribution in [0, 0.1) is 6.92 Å². The number of benzene rings is 1. The molecule has 1 aromatic carbocycles. The average Bonchev–Trinajstić information content (AvgIpc) is 2.70. The van der Waals surface area contributed by atoms with Crippen molar-refractivity contribution >= 4 is 11.6 Å². The fraction of sp³-hybridized carbons (Fsp3) is 0.167. The normalized spacial score (nSPS) is 10.6. The first-order valence-corrected chi connectivity index (χ1v) is 5.14. The van der Waals surface area contributed by atoms with Crippen molar-refractivity contribution in [2.24, 2.45) is 0 Å². The van der Waals surface area contributed by atoms with E-state index in [1.165, 1.54) is 0 Å². The Balaban J connectivity index is 2.50. The van der Waals surface area contributed by atoms with E-state index in [0.717, 1.165) is 22.0 Å². The van der Waals surface area contributed by atoms with Gasteiger partial charge in [-0.2, -0.15) is 0 Å². The van der Waals surface area contributed by atoms with Crippen molar-refractivity contribution in [2.75, 3.05) is 0 Å². The number of aromatic nitrogens is 1. The summed E-state index contributed by atoms with van der Waals surface area (Å²) in [5.74, 6) is 0. The summed E-state index contributed by atoms with van der Waals surface area (Å²) in [6, 6.07) is 9.61. The minimum atomic E-state index is 0.0364. The predicted molar refractivity (Wildman–Crippen MR) is 61.4 cm³/mol. The van der Waals surface area contributed by atoms with Gasteiger partial charge in [0, 0.05) is 22.6 Å². The van der Waals surface area contributed by atoms with Gasteiger partial charge < -0.3 is 9.67 Å². The Hall–Kier alpha value is -1.25. The number of rotatable bonds is 2. The Kier molecular flexibility index (Phi) is 2.80. The SMILES string of the molecule is Cc1cc(-n2cccc2CO)ccc1Cl. The Morgan fingerprint density at radius 1 is 1.33 bits per heavy atom. The van der Waals surface area contributed by atoms with E-state index < -0.39 is 0 Å². The molecule has 0 saturated carbocycles. The van der Waals surface area contributed by atoms with Crippen LogP contribution in [0.2, 0.25) is 5.02 Å². The Labute approximate surface area is 93.7 Å². The molecule has 2 rings (SSSR count). The molecule has 0 spiro atoms.